The molecule has 4 nitrogen and oxygen atoms in total. The topological polar surface area (TPSA) is 49.0 Å². The van der Waals surface area contributed by atoms with Crippen LogP contribution in [0, 0.1) is 26.6 Å². The molecule has 168 valence electrons. The van der Waals surface area contributed by atoms with Crippen molar-refractivity contribution < 1.29 is 9.18 Å². The fourth-order valence-electron chi connectivity index (χ4n) is 4.95. The average molecular weight is 442 g/mol. The van der Waals surface area contributed by atoms with Crippen molar-refractivity contribution in [3.05, 3.63) is 88.5 Å². The Kier molecular flexibility index (Phi) is 5.08. The molecule has 1 saturated heterocycles. The molecule has 0 aliphatic carbocycles. The van der Waals surface area contributed by atoms with E-state index in [1.165, 1.54) is 23.3 Å². The van der Waals surface area contributed by atoms with Gasteiger partial charge in [0.1, 0.15) is 11.6 Å². The molecule has 33 heavy (non-hydrogen) atoms. The third-order valence-electron chi connectivity index (χ3n) is 7.03. The molecule has 5 heteroatoms. The molecule has 1 aromatic heterocycles. The van der Waals surface area contributed by atoms with E-state index in [1.54, 1.807) is 6.07 Å². The normalized spacial score (nSPS) is 18.3. The minimum absolute atomic E-state index is 0.0502. The Balaban J connectivity index is 1.58. The van der Waals surface area contributed by atoms with E-state index in [0.717, 1.165) is 40.8 Å². The number of rotatable bonds is 3. The van der Waals surface area contributed by atoms with Crippen LogP contribution in [0.3, 0.4) is 0 Å². The lowest BCUT2D eigenvalue weighted by atomic mass is 9.94. The number of carbonyl (C=O) groups excluding carboxylic acids is 1. The molecule has 1 fully saturated rings. The predicted molar refractivity (Wildman–Crippen MR) is 130 cm³/mol. The number of aromatic amines is 1. The Labute approximate surface area is 193 Å². The van der Waals surface area contributed by atoms with E-state index in [-0.39, 0.29) is 11.7 Å². The maximum absolute atomic E-state index is 14.0. The molecule has 0 spiro atoms. The second-order valence-corrected chi connectivity index (χ2v) is 9.43. The summed E-state index contributed by atoms with van der Waals surface area (Å²) in [5.41, 5.74) is 6.82. The Morgan fingerprint density at radius 2 is 1.85 bits per heavy atom. The molecular weight excluding hydrogens is 413 g/mol. The van der Waals surface area contributed by atoms with Crippen LogP contribution in [0.15, 0.2) is 54.6 Å². The monoisotopic (exact) mass is 441 g/mol. The van der Waals surface area contributed by atoms with Gasteiger partial charge < -0.3 is 9.88 Å². The predicted octanol–water partition coefficient (Wildman–Crippen LogP) is 6.45. The molecule has 0 saturated carbocycles. The summed E-state index contributed by atoms with van der Waals surface area (Å²) in [4.78, 5) is 24.3. The quantitative estimate of drug-likeness (QED) is 0.397. The summed E-state index contributed by atoms with van der Waals surface area (Å²) >= 11 is 0. The standard InChI is InChI=1S/C28H28FN3O/c1-17-9-10-22(20-7-5-8-21(29)16-20)23(13-17)26(33)32-12-6-11-28(32,4)27-30-24-14-18(2)19(3)15-25(24)31-27/h5,7-10,13-16H,6,11-12H2,1-4H3,(H,30,31). The first-order valence-corrected chi connectivity index (χ1v) is 11.4. The van der Waals surface area contributed by atoms with Crippen molar-refractivity contribution in [1.29, 1.82) is 0 Å². The van der Waals surface area contributed by atoms with E-state index in [1.807, 2.05) is 36.1 Å². The molecule has 1 atom stereocenters. The fraction of sp³-hybridized carbons (Fsp3) is 0.286. The van der Waals surface area contributed by atoms with Gasteiger partial charge in [-0.2, -0.15) is 0 Å². The van der Waals surface area contributed by atoms with Gasteiger partial charge in [0, 0.05) is 12.1 Å². The summed E-state index contributed by atoms with van der Waals surface area (Å²) in [5, 5.41) is 0. The van der Waals surface area contributed by atoms with Crippen LogP contribution in [-0.4, -0.2) is 27.3 Å². The second kappa shape index (κ2) is 7.84. The number of imidazole rings is 1. The van der Waals surface area contributed by atoms with E-state index in [4.69, 9.17) is 4.98 Å². The average Bonchev–Trinajstić information content (AvgIpc) is 3.38. The number of aryl methyl sites for hydroxylation is 3. The van der Waals surface area contributed by atoms with Gasteiger partial charge >= 0.3 is 0 Å². The Hall–Kier alpha value is -3.47. The smallest absolute Gasteiger partial charge is 0.255 e. The number of fused-ring (bicyclic) bond motifs is 1. The molecule has 0 radical (unpaired) electrons. The number of amides is 1. The zero-order valence-corrected chi connectivity index (χ0v) is 19.5. The first-order chi connectivity index (χ1) is 15.8. The van der Waals surface area contributed by atoms with E-state index in [2.05, 4.69) is 37.9 Å². The molecule has 1 amide bonds. The van der Waals surface area contributed by atoms with Crippen LogP contribution in [0.5, 0.6) is 0 Å². The van der Waals surface area contributed by atoms with Crippen LogP contribution in [0.4, 0.5) is 4.39 Å². The van der Waals surface area contributed by atoms with Gasteiger partial charge in [0.15, 0.2) is 0 Å². The Morgan fingerprint density at radius 1 is 1.06 bits per heavy atom. The molecule has 4 aromatic rings. The van der Waals surface area contributed by atoms with Gasteiger partial charge in [-0.1, -0.05) is 29.8 Å². The highest BCUT2D eigenvalue weighted by atomic mass is 19.1. The summed E-state index contributed by atoms with van der Waals surface area (Å²) in [6.45, 7) is 8.89. The molecule has 1 unspecified atom stereocenters. The van der Waals surface area contributed by atoms with Crippen molar-refractivity contribution >= 4 is 16.9 Å². The van der Waals surface area contributed by atoms with E-state index >= 15 is 0 Å². The van der Waals surface area contributed by atoms with Gasteiger partial charge in [0.2, 0.25) is 0 Å². The number of nitrogens with zero attached hydrogens (tertiary/aromatic N) is 2. The summed E-state index contributed by atoms with van der Waals surface area (Å²) in [6, 6.07) is 16.4. The van der Waals surface area contributed by atoms with Gasteiger partial charge in [-0.15, -0.1) is 0 Å². The fourth-order valence-corrected chi connectivity index (χ4v) is 4.95. The van der Waals surface area contributed by atoms with E-state index in [9.17, 15) is 9.18 Å². The largest absolute Gasteiger partial charge is 0.340 e. The van der Waals surface area contributed by atoms with E-state index < -0.39 is 5.54 Å². The van der Waals surface area contributed by atoms with Crippen molar-refractivity contribution in [2.24, 2.45) is 0 Å². The molecule has 5 rings (SSSR count). The molecule has 3 aromatic carbocycles. The van der Waals surface area contributed by atoms with Crippen LogP contribution in [0.25, 0.3) is 22.2 Å². The number of benzene rings is 3. The van der Waals surface area contributed by atoms with Gasteiger partial charge in [-0.25, -0.2) is 9.37 Å². The van der Waals surface area contributed by atoms with Gasteiger partial charge in [0.25, 0.3) is 5.91 Å². The number of nitrogens with one attached hydrogen (secondary N) is 1. The van der Waals surface area contributed by atoms with Crippen LogP contribution >= 0.6 is 0 Å². The number of halogens is 1. The molecule has 1 N–H and O–H groups in total. The minimum atomic E-state index is -0.541. The number of aromatic nitrogens is 2. The van der Waals surface area contributed by atoms with Crippen LogP contribution in [0.1, 0.15) is 52.6 Å². The first kappa shape index (κ1) is 21.4. The van der Waals surface area contributed by atoms with Gasteiger partial charge in [0.05, 0.1) is 16.6 Å². The maximum Gasteiger partial charge on any atom is 0.255 e. The summed E-state index contributed by atoms with van der Waals surface area (Å²) in [5.74, 6) is 0.449. The summed E-state index contributed by atoms with van der Waals surface area (Å²) in [6.07, 6.45) is 1.73. The number of hydrogen-bond donors (Lipinski definition) is 1. The Bertz CT molecular complexity index is 1350. The highest BCUT2D eigenvalue weighted by Crippen LogP contribution is 2.40. The van der Waals surface area contributed by atoms with Crippen molar-refractivity contribution in [2.75, 3.05) is 6.54 Å². The maximum atomic E-state index is 14.0. The van der Waals surface area contributed by atoms with Crippen LogP contribution < -0.4 is 0 Å². The number of likely N-dealkylation sites (tertiary alicyclic amines) is 1. The molecule has 2 heterocycles. The summed E-state index contributed by atoms with van der Waals surface area (Å²) < 4.78 is 14.0. The van der Waals surface area contributed by atoms with Crippen molar-refractivity contribution in [2.45, 2.75) is 46.1 Å². The SMILES string of the molecule is Cc1ccc(-c2cccc(F)c2)c(C(=O)N2CCCC2(C)c2nc3cc(C)c(C)cc3[nH]2)c1. The first-order valence-electron chi connectivity index (χ1n) is 11.4. The highest BCUT2D eigenvalue weighted by Gasteiger charge is 2.44. The number of hydrogen-bond acceptors (Lipinski definition) is 2. The molecule has 1 aliphatic rings. The molecule has 1 aliphatic heterocycles. The third kappa shape index (κ3) is 3.62. The van der Waals surface area contributed by atoms with Crippen LogP contribution in [0.2, 0.25) is 0 Å². The highest BCUT2D eigenvalue weighted by molar-refractivity contribution is 6.01. The van der Waals surface area contributed by atoms with Crippen molar-refractivity contribution in [1.82, 2.24) is 14.9 Å². The molecular formula is C28H28FN3O. The lowest BCUT2D eigenvalue weighted by Crippen LogP contribution is -2.43. The number of H-pyrrole nitrogens is 1. The number of carbonyl (C=O) groups is 1. The van der Waals surface area contributed by atoms with E-state index in [0.29, 0.717) is 17.7 Å². The lowest BCUT2D eigenvalue weighted by molar-refractivity contribution is 0.0606. The van der Waals surface area contributed by atoms with Gasteiger partial charge in [-0.3, -0.25) is 4.79 Å². The lowest BCUT2D eigenvalue weighted by Gasteiger charge is -2.34. The Morgan fingerprint density at radius 3 is 2.64 bits per heavy atom. The molecule has 0 bridgehead atoms. The summed E-state index contributed by atoms with van der Waals surface area (Å²) in [7, 11) is 0. The zero-order valence-electron chi connectivity index (χ0n) is 19.5. The van der Waals surface area contributed by atoms with Gasteiger partial charge in [-0.05, 0) is 93.1 Å². The minimum Gasteiger partial charge on any atom is -0.340 e. The zero-order chi connectivity index (χ0) is 23.3. The van der Waals surface area contributed by atoms with Crippen molar-refractivity contribution in [3.63, 3.8) is 0 Å². The van der Waals surface area contributed by atoms with Crippen LogP contribution in [-0.2, 0) is 5.54 Å². The van der Waals surface area contributed by atoms with Crippen molar-refractivity contribution in [3.8, 4) is 11.1 Å². The third-order valence-corrected chi connectivity index (χ3v) is 7.03. The second-order valence-electron chi connectivity index (χ2n) is 9.43.